The van der Waals surface area contributed by atoms with Gasteiger partial charge in [-0.05, 0) is 30.0 Å². The van der Waals surface area contributed by atoms with Gasteiger partial charge in [-0.25, -0.2) is 9.67 Å². The van der Waals surface area contributed by atoms with Crippen LogP contribution in [0.1, 0.15) is 34.0 Å². The van der Waals surface area contributed by atoms with Crippen LogP contribution in [0.2, 0.25) is 0 Å². The number of pyridine rings is 1. The third kappa shape index (κ3) is 2.51. The van der Waals surface area contributed by atoms with Crippen molar-refractivity contribution in [3.63, 3.8) is 0 Å². The Balaban J connectivity index is 1.67. The molecule has 0 fully saturated rings. The van der Waals surface area contributed by atoms with Gasteiger partial charge in [0.15, 0.2) is 11.4 Å². The number of carbonyl (C=O) groups is 1. The average molecular weight is 354 g/mol. The number of nitrogen functional groups attached to an aromatic ring is 1. The molecular weight excluding hydrogens is 336 g/mol. The highest BCUT2D eigenvalue weighted by molar-refractivity contribution is 6.09. The van der Waals surface area contributed by atoms with E-state index in [-0.39, 0.29) is 11.7 Å². The van der Waals surface area contributed by atoms with Crippen molar-refractivity contribution in [1.82, 2.24) is 14.8 Å². The standard InChI is InChI=1S/C22H18N4O/c23-21-17-13-24-26(16-9-5-2-6-10-16)22(17)25-18-11-15(12-19(27)20(18)21)14-7-3-1-4-8-14/h1-10,13,15H,11-12H2,(H2,23,25). The lowest BCUT2D eigenvalue weighted by molar-refractivity contribution is 0.0964. The Kier molecular flexibility index (Phi) is 3.53. The van der Waals surface area contributed by atoms with E-state index < -0.39 is 0 Å². The summed E-state index contributed by atoms with van der Waals surface area (Å²) in [4.78, 5) is 17.7. The maximum absolute atomic E-state index is 12.9. The van der Waals surface area contributed by atoms with Crippen molar-refractivity contribution in [3.8, 4) is 5.69 Å². The van der Waals surface area contributed by atoms with Gasteiger partial charge in [-0.3, -0.25) is 4.79 Å². The number of hydrogen-bond acceptors (Lipinski definition) is 4. The maximum atomic E-state index is 12.9. The molecule has 0 radical (unpaired) electrons. The normalized spacial score (nSPS) is 16.4. The first-order chi connectivity index (χ1) is 13.2. The molecule has 0 spiro atoms. The van der Waals surface area contributed by atoms with Crippen LogP contribution in [0.15, 0.2) is 66.9 Å². The lowest BCUT2D eigenvalue weighted by atomic mass is 9.81. The summed E-state index contributed by atoms with van der Waals surface area (Å²) in [5, 5.41) is 5.19. The topological polar surface area (TPSA) is 73.8 Å². The maximum Gasteiger partial charge on any atom is 0.167 e. The minimum atomic E-state index is 0.0597. The third-order valence-corrected chi connectivity index (χ3v) is 5.25. The number of nitrogens with two attached hydrogens (primary N) is 1. The zero-order valence-electron chi connectivity index (χ0n) is 14.7. The molecule has 5 rings (SSSR count). The van der Waals surface area contributed by atoms with Gasteiger partial charge in [-0.2, -0.15) is 5.10 Å². The summed E-state index contributed by atoms with van der Waals surface area (Å²) in [7, 11) is 0. The van der Waals surface area contributed by atoms with Crippen molar-refractivity contribution in [2.45, 2.75) is 18.8 Å². The monoisotopic (exact) mass is 354 g/mol. The fourth-order valence-electron chi connectivity index (χ4n) is 3.92. The number of aromatic nitrogens is 3. The average Bonchev–Trinajstić information content (AvgIpc) is 3.13. The summed E-state index contributed by atoms with van der Waals surface area (Å²) < 4.78 is 1.78. The van der Waals surface area contributed by atoms with Crippen LogP contribution in [0.25, 0.3) is 16.7 Å². The Morgan fingerprint density at radius 1 is 0.963 bits per heavy atom. The predicted octanol–water partition coefficient (Wildman–Crippen LogP) is 3.92. The van der Waals surface area contributed by atoms with E-state index in [9.17, 15) is 4.79 Å². The van der Waals surface area contributed by atoms with Crippen LogP contribution in [-0.4, -0.2) is 20.5 Å². The van der Waals surface area contributed by atoms with Gasteiger partial charge in [0.05, 0.1) is 34.2 Å². The number of benzene rings is 2. The van der Waals surface area contributed by atoms with E-state index in [1.165, 1.54) is 0 Å². The van der Waals surface area contributed by atoms with Crippen molar-refractivity contribution in [2.24, 2.45) is 0 Å². The molecule has 27 heavy (non-hydrogen) atoms. The molecule has 2 heterocycles. The van der Waals surface area contributed by atoms with Gasteiger partial charge in [-0.1, -0.05) is 48.5 Å². The van der Waals surface area contributed by atoms with Gasteiger partial charge in [0.1, 0.15) is 0 Å². The van der Waals surface area contributed by atoms with Crippen molar-refractivity contribution >= 4 is 22.5 Å². The fraction of sp³-hybridized carbons (Fsp3) is 0.136. The van der Waals surface area contributed by atoms with Crippen LogP contribution in [0.4, 0.5) is 5.69 Å². The molecule has 0 aliphatic heterocycles. The number of Topliss-reactive ketones (excluding diaryl/α,β-unsaturated/α-hetero) is 1. The molecule has 2 aromatic heterocycles. The smallest absolute Gasteiger partial charge is 0.167 e. The quantitative estimate of drug-likeness (QED) is 0.592. The summed E-state index contributed by atoms with van der Waals surface area (Å²) in [6, 6.07) is 20.0. The fourth-order valence-corrected chi connectivity index (χ4v) is 3.92. The van der Waals surface area contributed by atoms with Gasteiger partial charge < -0.3 is 5.73 Å². The number of anilines is 1. The van der Waals surface area contributed by atoms with Crippen LogP contribution in [0.3, 0.4) is 0 Å². The molecule has 1 aliphatic rings. The molecule has 4 aromatic rings. The Morgan fingerprint density at radius 2 is 1.67 bits per heavy atom. The predicted molar refractivity (Wildman–Crippen MR) is 105 cm³/mol. The first-order valence-electron chi connectivity index (χ1n) is 9.02. The van der Waals surface area contributed by atoms with Crippen molar-refractivity contribution in [3.05, 3.63) is 83.7 Å². The van der Waals surface area contributed by atoms with Gasteiger partial charge in [-0.15, -0.1) is 0 Å². The van der Waals surface area contributed by atoms with Crippen LogP contribution in [-0.2, 0) is 6.42 Å². The van der Waals surface area contributed by atoms with E-state index in [2.05, 4.69) is 17.2 Å². The molecule has 2 N–H and O–H groups in total. The van der Waals surface area contributed by atoms with Crippen LogP contribution in [0, 0.1) is 0 Å². The Hall–Kier alpha value is -3.47. The van der Waals surface area contributed by atoms with E-state index >= 15 is 0 Å². The number of fused-ring (bicyclic) bond motifs is 2. The van der Waals surface area contributed by atoms with E-state index in [4.69, 9.17) is 10.7 Å². The van der Waals surface area contributed by atoms with Gasteiger partial charge in [0.25, 0.3) is 0 Å². The highest BCUT2D eigenvalue weighted by Crippen LogP contribution is 2.37. The number of ketones is 1. The number of carbonyl (C=O) groups excluding carboxylic acids is 1. The van der Waals surface area contributed by atoms with E-state index in [0.29, 0.717) is 29.7 Å². The number of rotatable bonds is 2. The molecule has 0 bridgehead atoms. The first-order valence-corrected chi connectivity index (χ1v) is 9.02. The molecule has 5 nitrogen and oxygen atoms in total. The Labute approximate surface area is 156 Å². The molecule has 1 aliphatic carbocycles. The van der Waals surface area contributed by atoms with E-state index in [1.54, 1.807) is 10.9 Å². The zero-order chi connectivity index (χ0) is 18.4. The molecule has 0 saturated heterocycles. The van der Waals surface area contributed by atoms with Crippen molar-refractivity contribution in [2.75, 3.05) is 5.73 Å². The second-order valence-electron chi connectivity index (χ2n) is 6.92. The van der Waals surface area contributed by atoms with Gasteiger partial charge in [0, 0.05) is 6.42 Å². The molecule has 132 valence electrons. The highest BCUT2D eigenvalue weighted by Gasteiger charge is 2.31. The first kappa shape index (κ1) is 15.8. The SMILES string of the molecule is Nc1c2c(nc3c1cnn3-c1ccccc1)CC(c1ccccc1)CC2=O. The minimum Gasteiger partial charge on any atom is -0.397 e. The lowest BCUT2D eigenvalue weighted by Crippen LogP contribution is -2.22. The molecule has 0 amide bonds. The van der Waals surface area contributed by atoms with Crippen LogP contribution >= 0.6 is 0 Å². The molecule has 2 aromatic carbocycles. The number of para-hydroxylation sites is 1. The van der Waals surface area contributed by atoms with E-state index in [1.807, 2.05) is 48.5 Å². The Morgan fingerprint density at radius 3 is 2.41 bits per heavy atom. The second kappa shape index (κ2) is 6.06. The van der Waals surface area contributed by atoms with Crippen molar-refractivity contribution in [1.29, 1.82) is 0 Å². The highest BCUT2D eigenvalue weighted by atomic mass is 16.1. The van der Waals surface area contributed by atoms with Gasteiger partial charge in [0.2, 0.25) is 0 Å². The summed E-state index contributed by atoms with van der Waals surface area (Å²) in [6.07, 6.45) is 2.86. The summed E-state index contributed by atoms with van der Waals surface area (Å²) >= 11 is 0. The largest absolute Gasteiger partial charge is 0.397 e. The molecule has 0 saturated carbocycles. The van der Waals surface area contributed by atoms with E-state index in [0.717, 1.165) is 22.3 Å². The second-order valence-corrected chi connectivity index (χ2v) is 6.92. The number of nitrogens with zero attached hydrogens (tertiary/aromatic N) is 3. The summed E-state index contributed by atoms with van der Waals surface area (Å²) in [6.45, 7) is 0. The van der Waals surface area contributed by atoms with Crippen LogP contribution < -0.4 is 5.73 Å². The van der Waals surface area contributed by atoms with Crippen molar-refractivity contribution < 1.29 is 4.79 Å². The zero-order valence-corrected chi connectivity index (χ0v) is 14.7. The van der Waals surface area contributed by atoms with Crippen LogP contribution in [0.5, 0.6) is 0 Å². The third-order valence-electron chi connectivity index (χ3n) is 5.25. The summed E-state index contributed by atoms with van der Waals surface area (Å²) in [5.41, 5.74) is 11.0. The lowest BCUT2D eigenvalue weighted by Gasteiger charge is -2.24. The Bertz CT molecular complexity index is 1150. The minimum absolute atomic E-state index is 0.0597. The molecule has 1 unspecified atom stereocenters. The number of hydrogen-bond donors (Lipinski definition) is 1. The molecule has 1 atom stereocenters. The molecule has 5 heteroatoms. The summed E-state index contributed by atoms with van der Waals surface area (Å²) in [5.74, 6) is 0.188. The molecular formula is C22H18N4O. The van der Waals surface area contributed by atoms with Gasteiger partial charge >= 0.3 is 0 Å².